The lowest BCUT2D eigenvalue weighted by molar-refractivity contribution is -0.152. The van der Waals surface area contributed by atoms with Crippen LogP contribution < -0.4 is 10.6 Å². The van der Waals surface area contributed by atoms with Crippen molar-refractivity contribution in [3.8, 4) is 17.2 Å². The van der Waals surface area contributed by atoms with Crippen LogP contribution in [0.3, 0.4) is 0 Å². The van der Waals surface area contributed by atoms with Crippen LogP contribution in [-0.4, -0.2) is 68.4 Å². The topological polar surface area (TPSA) is 147 Å². The number of nitrogens with zero attached hydrogens (tertiary/aromatic N) is 6. The second-order valence-electron chi connectivity index (χ2n) is 15.6. The number of ether oxygens (including phenoxy) is 1. The van der Waals surface area contributed by atoms with E-state index in [0.717, 1.165) is 93.8 Å². The van der Waals surface area contributed by atoms with E-state index in [1.807, 2.05) is 29.3 Å². The Kier molecular flexibility index (Phi) is 9.45. The standard InChI is InChI=1S/C41H45ClN8O4/c1-48-32-10-17-44-22-30(32)45-36(48)34(51)20-25-6-4-7-26(28(25)21-43)27-8-5-9-29(35(27)42)47-38(52)37-46-31-23-50(18-11-33(31)49(37)2)19-16-40-12-14-41(24-40,15-13-40)39(53)54-3/h4-9,44H,10-20,22-24H2,1-3H3,(H,47,52). The third kappa shape index (κ3) is 6.22. The van der Waals surface area contributed by atoms with Crippen LogP contribution in [-0.2, 0) is 56.0 Å². The van der Waals surface area contributed by atoms with Crippen LogP contribution in [0.4, 0.5) is 5.69 Å². The fourth-order valence-corrected chi connectivity index (χ4v) is 9.88. The second-order valence-corrected chi connectivity index (χ2v) is 16.0. The van der Waals surface area contributed by atoms with Crippen molar-refractivity contribution in [2.24, 2.45) is 24.9 Å². The number of imidazole rings is 2. The van der Waals surface area contributed by atoms with Crippen LogP contribution in [0.25, 0.3) is 11.1 Å². The molecule has 4 aromatic rings. The molecule has 2 aromatic heterocycles. The third-order valence-electron chi connectivity index (χ3n) is 12.6. The highest BCUT2D eigenvalue weighted by Crippen LogP contribution is 2.63. The Morgan fingerprint density at radius 3 is 2.46 bits per heavy atom. The van der Waals surface area contributed by atoms with E-state index in [2.05, 4.69) is 26.6 Å². The highest BCUT2D eigenvalue weighted by atomic mass is 35.5. The number of nitrogens with one attached hydrogen (secondary N) is 2. The summed E-state index contributed by atoms with van der Waals surface area (Å²) >= 11 is 6.98. The van der Waals surface area contributed by atoms with Gasteiger partial charge >= 0.3 is 5.97 Å². The van der Waals surface area contributed by atoms with Gasteiger partial charge in [0.2, 0.25) is 5.78 Å². The maximum absolute atomic E-state index is 13.8. The van der Waals surface area contributed by atoms with Crippen LogP contribution in [0.1, 0.15) is 93.7 Å². The van der Waals surface area contributed by atoms with E-state index in [9.17, 15) is 19.6 Å². The molecule has 0 atom stereocenters. The summed E-state index contributed by atoms with van der Waals surface area (Å²) in [5.74, 6) is 0.109. The summed E-state index contributed by atoms with van der Waals surface area (Å²) in [4.78, 5) is 51.6. The average molecular weight is 749 g/mol. The summed E-state index contributed by atoms with van der Waals surface area (Å²) in [7, 11) is 5.24. The number of benzene rings is 2. The number of Topliss-reactive ketones (excluding diaryl/α,β-unsaturated/α-hetero) is 1. The minimum absolute atomic E-state index is 0.0140. The Bertz CT molecular complexity index is 2220. The SMILES string of the molecule is COC(=O)C12CCC(CCN3CCc4c(nc(C(=O)Nc5cccc(-c6cccc(CC(=O)c7nc8c(n7C)CCNC8)c6C#N)c5Cl)n4C)C3)(CC1)C2. The highest BCUT2D eigenvalue weighted by molar-refractivity contribution is 6.36. The first-order valence-corrected chi connectivity index (χ1v) is 19.2. The van der Waals surface area contributed by atoms with Gasteiger partial charge in [-0.2, -0.15) is 5.26 Å². The molecule has 0 unspecified atom stereocenters. The quantitative estimate of drug-likeness (QED) is 0.158. The van der Waals surface area contributed by atoms with Crippen molar-refractivity contribution in [2.75, 3.05) is 32.1 Å². The molecule has 280 valence electrons. The van der Waals surface area contributed by atoms with Crippen molar-refractivity contribution in [3.63, 3.8) is 0 Å². The summed E-state index contributed by atoms with van der Waals surface area (Å²) in [5.41, 5.74) is 6.30. The number of esters is 1. The molecule has 13 heteroatoms. The zero-order valence-corrected chi connectivity index (χ0v) is 31.8. The number of rotatable bonds is 10. The Hall–Kier alpha value is -4.83. The number of nitriles is 1. The number of amides is 1. The average Bonchev–Trinajstić information content (AvgIpc) is 3.94. The van der Waals surface area contributed by atoms with Gasteiger partial charge in [0.25, 0.3) is 5.91 Å². The largest absolute Gasteiger partial charge is 0.469 e. The van der Waals surface area contributed by atoms with Gasteiger partial charge in [0.05, 0.1) is 40.2 Å². The van der Waals surface area contributed by atoms with Crippen molar-refractivity contribution < 1.29 is 19.1 Å². The molecule has 2 aliphatic heterocycles. The van der Waals surface area contributed by atoms with Gasteiger partial charge in [-0.15, -0.1) is 0 Å². The summed E-state index contributed by atoms with van der Waals surface area (Å²) in [6.07, 6.45) is 7.59. The van der Waals surface area contributed by atoms with E-state index in [4.69, 9.17) is 21.3 Å². The lowest BCUT2D eigenvalue weighted by Gasteiger charge is -2.32. The van der Waals surface area contributed by atoms with E-state index in [-0.39, 0.29) is 39.9 Å². The molecule has 2 aliphatic carbocycles. The van der Waals surface area contributed by atoms with Crippen LogP contribution in [0.5, 0.6) is 0 Å². The van der Waals surface area contributed by atoms with Gasteiger partial charge in [0, 0.05) is 82.1 Å². The fourth-order valence-electron chi connectivity index (χ4n) is 9.61. The van der Waals surface area contributed by atoms with Crippen molar-refractivity contribution in [2.45, 2.75) is 70.9 Å². The van der Waals surface area contributed by atoms with E-state index in [1.165, 1.54) is 7.11 Å². The molecule has 0 spiro atoms. The maximum Gasteiger partial charge on any atom is 0.311 e. The van der Waals surface area contributed by atoms with Crippen molar-refractivity contribution in [3.05, 3.63) is 87.0 Å². The predicted molar refractivity (Wildman–Crippen MR) is 203 cm³/mol. The number of carbonyl (C=O) groups excluding carboxylic acids is 3. The first-order valence-electron chi connectivity index (χ1n) is 18.8. The zero-order chi connectivity index (χ0) is 37.8. The first kappa shape index (κ1) is 36.2. The third-order valence-corrected chi connectivity index (χ3v) is 13.0. The molecule has 0 radical (unpaired) electrons. The lowest BCUT2D eigenvalue weighted by Crippen LogP contribution is -2.34. The summed E-state index contributed by atoms with van der Waals surface area (Å²) in [6, 6.07) is 13.0. The Labute approximate surface area is 319 Å². The molecule has 8 rings (SSSR count). The number of hydrogen-bond acceptors (Lipinski definition) is 9. The molecule has 2 aromatic carbocycles. The van der Waals surface area contributed by atoms with E-state index < -0.39 is 0 Å². The highest BCUT2D eigenvalue weighted by Gasteiger charge is 2.58. The number of carbonyl (C=O) groups is 3. The number of halogens is 1. The number of aromatic nitrogens is 4. The van der Waals surface area contributed by atoms with Gasteiger partial charge in [-0.3, -0.25) is 19.3 Å². The normalized spacial score (nSPS) is 21.7. The number of fused-ring (bicyclic) bond motifs is 4. The van der Waals surface area contributed by atoms with Gasteiger partial charge in [-0.25, -0.2) is 9.97 Å². The van der Waals surface area contributed by atoms with Gasteiger partial charge < -0.3 is 24.5 Å². The number of anilines is 1. The molecule has 54 heavy (non-hydrogen) atoms. The minimum atomic E-state index is -0.375. The van der Waals surface area contributed by atoms with E-state index in [0.29, 0.717) is 52.7 Å². The predicted octanol–water partition coefficient (Wildman–Crippen LogP) is 5.54. The molecule has 12 nitrogen and oxygen atoms in total. The molecular weight excluding hydrogens is 704 g/mol. The summed E-state index contributed by atoms with van der Waals surface area (Å²) < 4.78 is 8.91. The first-order chi connectivity index (χ1) is 26.0. The summed E-state index contributed by atoms with van der Waals surface area (Å²) in [5, 5.41) is 16.9. The Morgan fingerprint density at radius 2 is 1.70 bits per heavy atom. The molecule has 0 saturated heterocycles. The van der Waals surface area contributed by atoms with Crippen LogP contribution in [0.2, 0.25) is 5.02 Å². The van der Waals surface area contributed by atoms with Gasteiger partial charge in [-0.05, 0) is 62.1 Å². The van der Waals surface area contributed by atoms with Crippen molar-refractivity contribution in [1.29, 1.82) is 5.26 Å². The molecule has 2 N–H and O–H groups in total. The van der Waals surface area contributed by atoms with E-state index in [1.54, 1.807) is 30.3 Å². The minimum Gasteiger partial charge on any atom is -0.469 e. The number of hydrogen-bond donors (Lipinski definition) is 2. The fraction of sp³-hybridized carbons (Fsp3) is 0.463. The molecule has 2 saturated carbocycles. The van der Waals surface area contributed by atoms with Gasteiger partial charge in [0.15, 0.2) is 11.6 Å². The number of methoxy groups -OCH3 is 1. The molecule has 4 heterocycles. The maximum atomic E-state index is 13.8. The molecule has 2 bridgehead atoms. The second kappa shape index (κ2) is 14.1. The monoisotopic (exact) mass is 748 g/mol. The van der Waals surface area contributed by atoms with Crippen molar-refractivity contribution >= 4 is 34.9 Å². The Balaban J connectivity index is 0.960. The van der Waals surface area contributed by atoms with Crippen molar-refractivity contribution in [1.82, 2.24) is 29.3 Å². The van der Waals surface area contributed by atoms with Crippen LogP contribution in [0.15, 0.2) is 36.4 Å². The van der Waals surface area contributed by atoms with Crippen LogP contribution in [0, 0.1) is 22.2 Å². The Morgan fingerprint density at radius 1 is 0.981 bits per heavy atom. The molecule has 2 fully saturated rings. The molecule has 1 amide bonds. The van der Waals surface area contributed by atoms with Gasteiger partial charge in [0.1, 0.15) is 6.07 Å². The van der Waals surface area contributed by atoms with Gasteiger partial charge in [-0.1, -0.05) is 41.9 Å². The smallest absolute Gasteiger partial charge is 0.311 e. The van der Waals surface area contributed by atoms with E-state index >= 15 is 0 Å². The zero-order valence-electron chi connectivity index (χ0n) is 31.1. The summed E-state index contributed by atoms with van der Waals surface area (Å²) in [6.45, 7) is 3.95. The lowest BCUT2D eigenvalue weighted by atomic mass is 9.80. The molecular formula is C41H45ClN8O4. The van der Waals surface area contributed by atoms with Crippen LogP contribution >= 0.6 is 11.6 Å². The number of ketones is 1. The molecule has 4 aliphatic rings.